The van der Waals surface area contributed by atoms with Crippen molar-refractivity contribution in [3.05, 3.63) is 59.7 Å². The highest BCUT2D eigenvalue weighted by Gasteiger charge is 2.33. The molecule has 2 amide bonds. The first-order valence-corrected chi connectivity index (χ1v) is 11.4. The van der Waals surface area contributed by atoms with Crippen molar-refractivity contribution >= 4 is 18.0 Å². The Kier molecular flexibility index (Phi) is 8.09. The molecule has 3 N–H and O–H groups in total. The number of ether oxygens (including phenoxy) is 1. The van der Waals surface area contributed by atoms with E-state index in [9.17, 15) is 23.2 Å². The summed E-state index contributed by atoms with van der Waals surface area (Å²) in [6, 6.07) is 13.4. The fourth-order valence-electron chi connectivity index (χ4n) is 4.19. The Bertz CT molecular complexity index is 1040. The van der Waals surface area contributed by atoms with Crippen molar-refractivity contribution in [2.45, 2.75) is 58.0 Å². The average molecular weight is 489 g/mol. The van der Waals surface area contributed by atoms with Gasteiger partial charge in [0.15, 0.2) is 0 Å². The zero-order valence-corrected chi connectivity index (χ0v) is 19.9. The van der Waals surface area contributed by atoms with E-state index in [-0.39, 0.29) is 18.9 Å². The molecule has 7 nitrogen and oxygen atoms in total. The van der Waals surface area contributed by atoms with Crippen LogP contribution in [0.2, 0.25) is 0 Å². The van der Waals surface area contributed by atoms with E-state index in [0.717, 1.165) is 22.3 Å². The van der Waals surface area contributed by atoms with Crippen LogP contribution in [0.5, 0.6) is 0 Å². The summed E-state index contributed by atoms with van der Waals surface area (Å²) in [5.74, 6) is -2.43. The van der Waals surface area contributed by atoms with E-state index >= 15 is 0 Å². The number of fused-ring (bicyclic) bond motifs is 3. The first-order chi connectivity index (χ1) is 16.5. The summed E-state index contributed by atoms with van der Waals surface area (Å²) < 4.78 is 30.8. The molecule has 0 saturated carbocycles. The maximum atomic E-state index is 12.7. The van der Waals surface area contributed by atoms with Gasteiger partial charge in [-0.2, -0.15) is 0 Å². The largest absolute Gasteiger partial charge is 0.480 e. The molecule has 0 saturated heterocycles. The minimum Gasteiger partial charge on any atom is -0.480 e. The molecule has 0 bridgehead atoms. The van der Waals surface area contributed by atoms with Gasteiger partial charge in [-0.1, -0.05) is 69.3 Å². The van der Waals surface area contributed by atoms with Gasteiger partial charge in [0.1, 0.15) is 12.6 Å². The zero-order valence-electron chi connectivity index (χ0n) is 19.9. The van der Waals surface area contributed by atoms with Crippen molar-refractivity contribution in [3.63, 3.8) is 0 Å². The number of hydrogen-bond acceptors (Lipinski definition) is 4. The van der Waals surface area contributed by atoms with Gasteiger partial charge in [0.05, 0.1) is 0 Å². The molecule has 0 aliphatic heterocycles. The molecule has 35 heavy (non-hydrogen) atoms. The highest BCUT2D eigenvalue weighted by atomic mass is 19.3. The highest BCUT2D eigenvalue weighted by molar-refractivity contribution is 5.84. The molecule has 0 radical (unpaired) electrons. The summed E-state index contributed by atoms with van der Waals surface area (Å²) in [5.41, 5.74) is 3.72. The Morgan fingerprint density at radius 1 is 0.971 bits per heavy atom. The van der Waals surface area contributed by atoms with Gasteiger partial charge in [-0.3, -0.25) is 4.79 Å². The molecule has 188 valence electrons. The Hall–Kier alpha value is -3.49. The van der Waals surface area contributed by atoms with Crippen LogP contribution in [0.1, 0.15) is 50.7 Å². The average Bonchev–Trinajstić information content (AvgIpc) is 3.09. The number of alkyl carbamates (subject to hydrolysis) is 1. The van der Waals surface area contributed by atoms with Crippen LogP contribution in [0.15, 0.2) is 48.5 Å². The first kappa shape index (κ1) is 26.1. The minimum absolute atomic E-state index is 0.0956. The van der Waals surface area contributed by atoms with Crippen molar-refractivity contribution in [2.24, 2.45) is 5.41 Å². The molecule has 3 rings (SSSR count). The topological polar surface area (TPSA) is 105 Å². The third-order valence-corrected chi connectivity index (χ3v) is 6.12. The van der Waals surface area contributed by atoms with Crippen molar-refractivity contribution in [3.8, 4) is 11.1 Å². The number of alkyl halides is 2. The van der Waals surface area contributed by atoms with Crippen molar-refractivity contribution in [1.82, 2.24) is 10.6 Å². The summed E-state index contributed by atoms with van der Waals surface area (Å²) in [5, 5.41) is 13.9. The smallest absolute Gasteiger partial charge is 0.407 e. The lowest BCUT2D eigenvalue weighted by molar-refractivity contribution is -0.143. The van der Waals surface area contributed by atoms with Crippen LogP contribution in [0.25, 0.3) is 11.1 Å². The number of aliphatic carboxylic acids is 1. The third kappa shape index (κ3) is 6.55. The second kappa shape index (κ2) is 10.8. The molecule has 0 heterocycles. The van der Waals surface area contributed by atoms with Crippen LogP contribution in [-0.4, -0.2) is 48.2 Å². The van der Waals surface area contributed by atoms with E-state index in [1.165, 1.54) is 0 Å². The van der Waals surface area contributed by atoms with E-state index in [2.05, 4.69) is 10.6 Å². The summed E-state index contributed by atoms with van der Waals surface area (Å²) in [4.78, 5) is 36.3. The van der Waals surface area contributed by atoms with Gasteiger partial charge in [0.25, 0.3) is 0 Å². The predicted molar refractivity (Wildman–Crippen MR) is 126 cm³/mol. The Morgan fingerprint density at radius 3 is 2.00 bits per heavy atom. The van der Waals surface area contributed by atoms with Crippen molar-refractivity contribution in [2.75, 3.05) is 6.61 Å². The quantitative estimate of drug-likeness (QED) is 0.480. The third-order valence-electron chi connectivity index (χ3n) is 6.12. The van der Waals surface area contributed by atoms with Crippen LogP contribution in [0.4, 0.5) is 13.6 Å². The van der Waals surface area contributed by atoms with E-state index < -0.39 is 48.3 Å². The van der Waals surface area contributed by atoms with Crippen LogP contribution in [0.3, 0.4) is 0 Å². The lowest BCUT2D eigenvalue weighted by atomic mass is 9.84. The number of nitrogens with one attached hydrogen (secondary N) is 2. The summed E-state index contributed by atoms with van der Waals surface area (Å²) in [6.45, 7) is 5.48. The number of amides is 2. The Balaban J connectivity index is 1.64. The molecule has 0 spiro atoms. The number of carbonyl (C=O) groups is 3. The maximum absolute atomic E-state index is 12.7. The molecule has 2 aromatic carbocycles. The first-order valence-electron chi connectivity index (χ1n) is 11.4. The number of rotatable bonds is 9. The van der Waals surface area contributed by atoms with Gasteiger partial charge in [0.2, 0.25) is 12.3 Å². The number of carboxylic acid groups (broad SMARTS) is 1. The summed E-state index contributed by atoms with van der Waals surface area (Å²) in [7, 11) is 0. The fraction of sp³-hybridized carbons (Fsp3) is 0.423. The molecule has 2 unspecified atom stereocenters. The molecule has 2 atom stereocenters. The van der Waals surface area contributed by atoms with Crippen LogP contribution in [-0.2, 0) is 14.3 Å². The van der Waals surface area contributed by atoms with Gasteiger partial charge in [-0.15, -0.1) is 0 Å². The van der Waals surface area contributed by atoms with Gasteiger partial charge >= 0.3 is 12.1 Å². The summed E-state index contributed by atoms with van der Waals surface area (Å²) in [6.07, 6.45) is -4.89. The van der Waals surface area contributed by atoms with Crippen LogP contribution >= 0.6 is 0 Å². The predicted octanol–water partition coefficient (Wildman–Crippen LogP) is 4.55. The van der Waals surface area contributed by atoms with E-state index in [1.54, 1.807) is 20.8 Å². The van der Waals surface area contributed by atoms with Gasteiger partial charge in [0, 0.05) is 24.8 Å². The molecular weight excluding hydrogens is 458 g/mol. The number of carbonyl (C=O) groups excluding carboxylic acids is 2. The molecule has 0 aromatic heterocycles. The van der Waals surface area contributed by atoms with Crippen LogP contribution in [0, 0.1) is 5.41 Å². The zero-order chi connectivity index (χ0) is 25.8. The molecule has 1 aliphatic rings. The second-order valence-electron chi connectivity index (χ2n) is 9.68. The monoisotopic (exact) mass is 488 g/mol. The highest BCUT2D eigenvalue weighted by Crippen LogP contribution is 2.44. The van der Waals surface area contributed by atoms with E-state index in [4.69, 9.17) is 9.84 Å². The lowest BCUT2D eigenvalue weighted by Gasteiger charge is -2.31. The van der Waals surface area contributed by atoms with Crippen molar-refractivity contribution in [1.29, 1.82) is 0 Å². The SMILES string of the molecule is CC(C)(C)C(CC(=O)NC(CC(F)F)C(=O)O)NC(=O)OCC1c2ccccc2-c2ccccc21. The van der Waals surface area contributed by atoms with Gasteiger partial charge < -0.3 is 20.5 Å². The van der Waals surface area contributed by atoms with Gasteiger partial charge in [-0.25, -0.2) is 18.4 Å². The number of hydrogen-bond donors (Lipinski definition) is 3. The Morgan fingerprint density at radius 2 is 1.51 bits per heavy atom. The normalized spacial score (nSPS) is 14.6. The molecule has 0 fully saturated rings. The molecule has 9 heteroatoms. The number of benzene rings is 2. The van der Waals surface area contributed by atoms with E-state index in [1.807, 2.05) is 48.5 Å². The summed E-state index contributed by atoms with van der Waals surface area (Å²) >= 11 is 0. The standard InChI is InChI=1S/C26H30F2N2O5/c1-26(2,3)21(13-23(31)29-20(24(32)33)12-22(27)28)30-25(34)35-14-19-17-10-6-4-8-15(17)16-9-5-7-11-18(16)19/h4-11,19-22H,12-14H2,1-3H3,(H,29,31)(H,30,34)(H,32,33). The molecular formula is C26H30F2N2O5. The minimum atomic E-state index is -2.88. The number of carboxylic acids is 1. The lowest BCUT2D eigenvalue weighted by Crippen LogP contribution is -2.49. The van der Waals surface area contributed by atoms with Crippen LogP contribution < -0.4 is 10.6 Å². The second-order valence-corrected chi connectivity index (χ2v) is 9.68. The van der Waals surface area contributed by atoms with E-state index in [0.29, 0.717) is 0 Å². The van der Waals surface area contributed by atoms with Gasteiger partial charge in [-0.05, 0) is 27.7 Å². The van der Waals surface area contributed by atoms with Crippen molar-refractivity contribution < 1.29 is 33.0 Å². The molecule has 2 aromatic rings. The Labute approximate surface area is 202 Å². The molecule has 1 aliphatic carbocycles. The fourth-order valence-corrected chi connectivity index (χ4v) is 4.19. The maximum Gasteiger partial charge on any atom is 0.407 e. The number of halogens is 2.